The Balaban J connectivity index is 3.16. The van der Waals surface area contributed by atoms with Gasteiger partial charge in [0.2, 0.25) is 5.78 Å². The normalized spacial score (nSPS) is 9.67. The largest absolute Gasteiger partial charge is 0.496 e. The Labute approximate surface area is 102 Å². The van der Waals surface area contributed by atoms with Crippen molar-refractivity contribution in [3.05, 3.63) is 33.9 Å². The monoisotopic (exact) mass is 253 g/mol. The average Bonchev–Trinajstić information content (AvgIpc) is 2.37. The lowest BCUT2D eigenvalue weighted by Crippen LogP contribution is -2.18. The molecule has 0 bridgehead atoms. The van der Waals surface area contributed by atoms with E-state index < -0.39 is 23.1 Å². The van der Waals surface area contributed by atoms with Crippen LogP contribution in [0.25, 0.3) is 0 Å². The van der Waals surface area contributed by atoms with Gasteiger partial charge in [-0.25, -0.2) is 4.79 Å². The van der Waals surface area contributed by atoms with Gasteiger partial charge in [-0.2, -0.15) is 0 Å². The fourth-order valence-electron chi connectivity index (χ4n) is 1.44. The van der Waals surface area contributed by atoms with Gasteiger partial charge in [-0.1, -0.05) is 6.07 Å². The highest BCUT2D eigenvalue weighted by Crippen LogP contribution is 2.28. The molecule has 0 N–H and O–H groups in total. The quantitative estimate of drug-likeness (QED) is 0.334. The predicted octanol–water partition coefficient (Wildman–Crippen LogP) is 0.888. The number of hydrogen-bond acceptors (Lipinski definition) is 6. The molecule has 1 aromatic rings. The minimum absolute atomic E-state index is 0.0559. The molecule has 0 spiro atoms. The summed E-state index contributed by atoms with van der Waals surface area (Å²) in [6.07, 6.45) is -0.438. The van der Waals surface area contributed by atoms with Crippen molar-refractivity contribution in [3.8, 4) is 5.75 Å². The van der Waals surface area contributed by atoms with E-state index in [0.29, 0.717) is 0 Å². The Morgan fingerprint density at radius 1 is 1.33 bits per heavy atom. The molecule has 0 unspecified atom stereocenters. The molecule has 0 atom stereocenters. The third-order valence-electron chi connectivity index (χ3n) is 2.28. The van der Waals surface area contributed by atoms with Gasteiger partial charge in [0.25, 0.3) is 5.69 Å². The molecule has 18 heavy (non-hydrogen) atoms. The molecule has 7 nitrogen and oxygen atoms in total. The van der Waals surface area contributed by atoms with E-state index in [1.165, 1.54) is 25.3 Å². The minimum Gasteiger partial charge on any atom is -0.496 e. The van der Waals surface area contributed by atoms with Crippen LogP contribution in [-0.2, 0) is 20.7 Å². The molecule has 0 radical (unpaired) electrons. The molecule has 0 aliphatic carbocycles. The maximum Gasteiger partial charge on any atom is 0.374 e. The van der Waals surface area contributed by atoms with E-state index >= 15 is 0 Å². The standard InChI is InChI=1S/C11H11NO6/c1-17-10-5-3-4-8(12(15)16)7(10)6-9(13)11(14)18-2/h3-5H,6H2,1-2H3. The lowest BCUT2D eigenvalue weighted by atomic mass is 10.1. The minimum atomic E-state index is -1.05. The van der Waals surface area contributed by atoms with Crippen LogP contribution in [0.5, 0.6) is 5.75 Å². The van der Waals surface area contributed by atoms with Gasteiger partial charge in [0, 0.05) is 6.07 Å². The molecule has 0 aliphatic rings. The lowest BCUT2D eigenvalue weighted by Gasteiger charge is -2.07. The summed E-state index contributed by atoms with van der Waals surface area (Å²) in [6.45, 7) is 0. The number of methoxy groups -OCH3 is 2. The van der Waals surface area contributed by atoms with E-state index in [1.54, 1.807) is 0 Å². The van der Waals surface area contributed by atoms with Gasteiger partial charge in [0.15, 0.2) is 0 Å². The van der Waals surface area contributed by atoms with Crippen molar-refractivity contribution in [1.29, 1.82) is 0 Å². The fraction of sp³-hybridized carbons (Fsp3) is 0.273. The second-order valence-corrected chi connectivity index (χ2v) is 3.31. The number of carbonyl (C=O) groups excluding carboxylic acids is 2. The number of rotatable bonds is 5. The first kappa shape index (κ1) is 13.6. The van der Waals surface area contributed by atoms with E-state index in [4.69, 9.17) is 4.74 Å². The van der Waals surface area contributed by atoms with E-state index in [9.17, 15) is 19.7 Å². The number of Topliss-reactive ketones (excluding diaryl/α,β-unsaturated/α-hetero) is 1. The van der Waals surface area contributed by atoms with Crippen LogP contribution < -0.4 is 4.74 Å². The second-order valence-electron chi connectivity index (χ2n) is 3.31. The fourth-order valence-corrected chi connectivity index (χ4v) is 1.44. The zero-order valence-electron chi connectivity index (χ0n) is 9.84. The number of benzene rings is 1. The van der Waals surface area contributed by atoms with Crippen molar-refractivity contribution < 1.29 is 24.0 Å². The molecule has 0 aliphatic heterocycles. The van der Waals surface area contributed by atoms with Crippen molar-refractivity contribution in [3.63, 3.8) is 0 Å². The summed E-state index contributed by atoms with van der Waals surface area (Å²) in [5.74, 6) is -1.73. The van der Waals surface area contributed by atoms with Crippen LogP contribution in [0.15, 0.2) is 18.2 Å². The Morgan fingerprint density at radius 3 is 2.50 bits per heavy atom. The molecular formula is C11H11NO6. The summed E-state index contributed by atoms with van der Waals surface area (Å²) in [6, 6.07) is 4.15. The molecule has 7 heteroatoms. The summed E-state index contributed by atoms with van der Waals surface area (Å²) in [7, 11) is 2.39. The van der Waals surface area contributed by atoms with Crippen LogP contribution in [0.2, 0.25) is 0 Å². The van der Waals surface area contributed by atoms with E-state index in [0.717, 1.165) is 7.11 Å². The Hall–Kier alpha value is -2.44. The molecular weight excluding hydrogens is 242 g/mol. The average molecular weight is 253 g/mol. The van der Waals surface area contributed by atoms with Gasteiger partial charge in [-0.05, 0) is 6.07 Å². The number of ether oxygens (including phenoxy) is 2. The van der Waals surface area contributed by atoms with Gasteiger partial charge in [-0.15, -0.1) is 0 Å². The molecule has 0 fully saturated rings. The van der Waals surface area contributed by atoms with Gasteiger partial charge in [0.1, 0.15) is 5.75 Å². The number of carbonyl (C=O) groups is 2. The van der Waals surface area contributed by atoms with Crippen LogP contribution in [0.4, 0.5) is 5.69 Å². The number of ketones is 1. The van der Waals surface area contributed by atoms with Crippen molar-refractivity contribution in [2.45, 2.75) is 6.42 Å². The Kier molecular flexibility index (Phi) is 4.36. The first-order chi connectivity index (χ1) is 8.51. The van der Waals surface area contributed by atoms with E-state index in [-0.39, 0.29) is 17.0 Å². The number of nitro groups is 1. The summed E-state index contributed by atoms with van der Waals surface area (Å²) in [5, 5.41) is 10.8. The van der Waals surface area contributed by atoms with Gasteiger partial charge in [0.05, 0.1) is 31.1 Å². The van der Waals surface area contributed by atoms with Crippen LogP contribution in [0.3, 0.4) is 0 Å². The first-order valence-electron chi connectivity index (χ1n) is 4.92. The molecule has 0 aromatic heterocycles. The Bertz CT molecular complexity index is 496. The number of nitrogens with zero attached hydrogens (tertiary/aromatic N) is 1. The third-order valence-corrected chi connectivity index (χ3v) is 2.28. The summed E-state index contributed by atoms with van der Waals surface area (Å²) in [5.41, 5.74) is -0.216. The van der Waals surface area contributed by atoms with Crippen molar-refractivity contribution in [2.75, 3.05) is 14.2 Å². The van der Waals surface area contributed by atoms with Crippen LogP contribution >= 0.6 is 0 Å². The zero-order chi connectivity index (χ0) is 13.7. The van der Waals surface area contributed by atoms with Crippen LogP contribution in [-0.4, -0.2) is 30.9 Å². The van der Waals surface area contributed by atoms with Crippen molar-refractivity contribution >= 4 is 17.4 Å². The highest BCUT2D eigenvalue weighted by molar-refractivity contribution is 6.34. The number of esters is 1. The van der Waals surface area contributed by atoms with Gasteiger partial charge < -0.3 is 9.47 Å². The number of hydrogen-bond donors (Lipinski definition) is 0. The zero-order valence-corrected chi connectivity index (χ0v) is 9.84. The second kappa shape index (κ2) is 5.76. The smallest absolute Gasteiger partial charge is 0.374 e. The molecule has 0 amide bonds. The lowest BCUT2D eigenvalue weighted by molar-refractivity contribution is -0.385. The SMILES string of the molecule is COC(=O)C(=O)Cc1c(OC)cccc1[N+](=O)[O-]. The molecule has 1 aromatic carbocycles. The van der Waals surface area contributed by atoms with E-state index in [1.807, 2.05) is 0 Å². The highest BCUT2D eigenvalue weighted by Gasteiger charge is 2.24. The number of nitro benzene ring substituents is 1. The molecule has 0 saturated carbocycles. The molecule has 1 rings (SSSR count). The maximum absolute atomic E-state index is 11.4. The third kappa shape index (κ3) is 2.82. The highest BCUT2D eigenvalue weighted by atomic mass is 16.6. The Morgan fingerprint density at radius 2 is 2.00 bits per heavy atom. The van der Waals surface area contributed by atoms with Crippen molar-refractivity contribution in [2.24, 2.45) is 0 Å². The van der Waals surface area contributed by atoms with Crippen LogP contribution in [0.1, 0.15) is 5.56 Å². The molecule has 96 valence electrons. The summed E-state index contributed by atoms with van der Waals surface area (Å²) >= 11 is 0. The molecule has 0 heterocycles. The van der Waals surface area contributed by atoms with Gasteiger partial charge >= 0.3 is 5.97 Å². The van der Waals surface area contributed by atoms with Crippen LogP contribution in [0, 0.1) is 10.1 Å². The predicted molar refractivity (Wildman–Crippen MR) is 60.4 cm³/mol. The molecule has 0 saturated heterocycles. The van der Waals surface area contributed by atoms with Crippen molar-refractivity contribution in [1.82, 2.24) is 0 Å². The maximum atomic E-state index is 11.4. The first-order valence-corrected chi connectivity index (χ1v) is 4.92. The van der Waals surface area contributed by atoms with E-state index in [2.05, 4.69) is 4.74 Å². The van der Waals surface area contributed by atoms with Gasteiger partial charge in [-0.3, -0.25) is 14.9 Å². The summed E-state index contributed by atoms with van der Waals surface area (Å²) in [4.78, 5) is 32.6. The summed E-state index contributed by atoms with van der Waals surface area (Å²) < 4.78 is 9.20. The topological polar surface area (TPSA) is 95.7 Å².